The van der Waals surface area contributed by atoms with E-state index in [-0.39, 0.29) is 6.04 Å². The second kappa shape index (κ2) is 5.04. The number of aromatic nitrogens is 2. The lowest BCUT2D eigenvalue weighted by Gasteiger charge is -2.12. The maximum atomic E-state index is 12.7. The Kier molecular flexibility index (Phi) is 3.76. The van der Waals surface area contributed by atoms with E-state index in [1.807, 2.05) is 18.4 Å². The minimum atomic E-state index is -4.34. The Balaban J connectivity index is 2.62. The minimum Gasteiger partial charge on any atom is -0.325 e. The van der Waals surface area contributed by atoms with Gasteiger partial charge in [0, 0.05) is 18.3 Å². The lowest BCUT2D eigenvalue weighted by molar-refractivity contribution is -0.137. The molecule has 0 amide bonds. The van der Waals surface area contributed by atoms with E-state index in [4.69, 9.17) is 11.6 Å². The number of imidazole rings is 1. The molecule has 0 radical (unpaired) electrons. The normalized spacial score (nSPS) is 12.6. The Labute approximate surface area is 114 Å². The van der Waals surface area contributed by atoms with Gasteiger partial charge in [-0.05, 0) is 32.0 Å². The van der Waals surface area contributed by atoms with Crippen molar-refractivity contribution in [1.29, 1.82) is 0 Å². The second-order valence-corrected chi connectivity index (χ2v) is 5.01. The molecular weight excluding hydrogens is 277 g/mol. The van der Waals surface area contributed by atoms with Gasteiger partial charge in [0.25, 0.3) is 0 Å². The van der Waals surface area contributed by atoms with E-state index >= 15 is 0 Å². The van der Waals surface area contributed by atoms with E-state index < -0.39 is 11.7 Å². The summed E-state index contributed by atoms with van der Waals surface area (Å²) in [6.07, 6.45) is -3.81. The first-order chi connectivity index (χ1) is 8.84. The number of rotatable bonds is 3. The zero-order valence-corrected chi connectivity index (χ0v) is 11.4. The number of nitrogens with zero attached hydrogens (tertiary/aromatic N) is 2. The highest BCUT2D eigenvalue weighted by Gasteiger charge is 2.31. The van der Waals surface area contributed by atoms with Gasteiger partial charge in [-0.3, -0.25) is 0 Å². The second-order valence-electron chi connectivity index (χ2n) is 4.63. The molecule has 0 N–H and O–H groups in total. The number of aryl methyl sites for hydroxylation is 1. The molecule has 6 heteroatoms. The maximum Gasteiger partial charge on any atom is 0.416 e. The van der Waals surface area contributed by atoms with Crippen LogP contribution < -0.4 is 0 Å². The monoisotopic (exact) mass is 290 g/mol. The zero-order valence-electron chi connectivity index (χ0n) is 10.6. The first kappa shape index (κ1) is 14.2. The van der Waals surface area contributed by atoms with Gasteiger partial charge in [-0.25, -0.2) is 4.98 Å². The van der Waals surface area contributed by atoms with Crippen LogP contribution in [0.2, 0.25) is 0 Å². The van der Waals surface area contributed by atoms with E-state index in [2.05, 4.69) is 4.98 Å². The largest absolute Gasteiger partial charge is 0.416 e. The topological polar surface area (TPSA) is 17.8 Å². The van der Waals surface area contributed by atoms with Gasteiger partial charge < -0.3 is 4.57 Å². The van der Waals surface area contributed by atoms with Crippen molar-refractivity contribution in [2.75, 3.05) is 5.88 Å². The summed E-state index contributed by atoms with van der Waals surface area (Å²) >= 11 is 5.71. The van der Waals surface area contributed by atoms with Crippen LogP contribution in [0.3, 0.4) is 0 Å². The number of fused-ring (bicyclic) bond motifs is 1. The predicted octanol–water partition coefficient (Wildman–Crippen LogP) is 4.42. The summed E-state index contributed by atoms with van der Waals surface area (Å²) in [6.45, 7) is 3.94. The van der Waals surface area contributed by atoms with Crippen LogP contribution in [0.4, 0.5) is 13.2 Å². The molecule has 2 rings (SSSR count). The number of alkyl halides is 4. The highest BCUT2D eigenvalue weighted by molar-refractivity contribution is 6.17. The summed E-state index contributed by atoms with van der Waals surface area (Å²) < 4.78 is 40.0. The summed E-state index contributed by atoms with van der Waals surface area (Å²) in [5.74, 6) is 1.11. The molecule has 1 aromatic heterocycles. The average Bonchev–Trinajstić information content (AvgIpc) is 2.65. The first-order valence-corrected chi connectivity index (χ1v) is 6.52. The molecule has 19 heavy (non-hydrogen) atoms. The Hall–Kier alpha value is -1.23. The first-order valence-electron chi connectivity index (χ1n) is 5.98. The van der Waals surface area contributed by atoms with Crippen molar-refractivity contribution in [3.63, 3.8) is 0 Å². The summed E-state index contributed by atoms with van der Waals surface area (Å²) in [5.41, 5.74) is 0.401. The van der Waals surface area contributed by atoms with Gasteiger partial charge in [0.1, 0.15) is 5.82 Å². The molecular formula is C13H14ClF3N2. The molecule has 0 aliphatic rings. The van der Waals surface area contributed by atoms with Crippen LogP contribution in [0.25, 0.3) is 11.0 Å². The van der Waals surface area contributed by atoms with Crippen LogP contribution in [-0.4, -0.2) is 15.4 Å². The van der Waals surface area contributed by atoms with E-state index in [1.54, 1.807) is 0 Å². The fourth-order valence-corrected chi connectivity index (χ4v) is 2.33. The SMILES string of the molecule is CC(C)n1c(CCCl)nc2cc(C(F)(F)F)ccc21. The van der Waals surface area contributed by atoms with E-state index in [9.17, 15) is 13.2 Å². The van der Waals surface area contributed by atoms with Crippen LogP contribution in [0.15, 0.2) is 18.2 Å². The quantitative estimate of drug-likeness (QED) is 0.765. The number of benzene rings is 1. The third-order valence-corrected chi connectivity index (χ3v) is 3.11. The fourth-order valence-electron chi connectivity index (χ4n) is 2.16. The average molecular weight is 291 g/mol. The van der Waals surface area contributed by atoms with E-state index in [0.29, 0.717) is 23.3 Å². The van der Waals surface area contributed by atoms with Gasteiger partial charge in [-0.2, -0.15) is 13.2 Å². The third kappa shape index (κ3) is 2.71. The van der Waals surface area contributed by atoms with Crippen LogP contribution in [0.5, 0.6) is 0 Å². The highest BCUT2D eigenvalue weighted by Crippen LogP contribution is 2.32. The van der Waals surface area contributed by atoms with Crippen molar-refractivity contribution in [2.45, 2.75) is 32.5 Å². The van der Waals surface area contributed by atoms with Crippen LogP contribution in [-0.2, 0) is 12.6 Å². The van der Waals surface area contributed by atoms with E-state index in [0.717, 1.165) is 18.0 Å². The molecule has 2 nitrogen and oxygen atoms in total. The molecule has 0 aliphatic carbocycles. The molecule has 0 bridgehead atoms. The molecule has 104 valence electrons. The molecule has 1 aromatic carbocycles. The van der Waals surface area contributed by atoms with Crippen LogP contribution in [0, 0.1) is 0 Å². The number of halogens is 4. The van der Waals surface area contributed by atoms with Gasteiger partial charge in [-0.1, -0.05) is 0 Å². The molecule has 0 fully saturated rings. The standard InChI is InChI=1S/C13H14ClF3N2/c1-8(2)19-11-4-3-9(13(15,16)17)7-10(11)18-12(19)5-6-14/h3-4,7-8H,5-6H2,1-2H3. The van der Waals surface area contributed by atoms with Crippen molar-refractivity contribution >= 4 is 22.6 Å². The molecule has 0 unspecified atom stereocenters. The molecule has 0 saturated carbocycles. The molecule has 1 heterocycles. The van der Waals surface area contributed by atoms with Crippen molar-refractivity contribution in [1.82, 2.24) is 9.55 Å². The van der Waals surface area contributed by atoms with Gasteiger partial charge in [0.15, 0.2) is 0 Å². The van der Waals surface area contributed by atoms with Crippen molar-refractivity contribution < 1.29 is 13.2 Å². The lowest BCUT2D eigenvalue weighted by atomic mass is 10.2. The highest BCUT2D eigenvalue weighted by atomic mass is 35.5. The Bertz CT molecular complexity index is 587. The summed E-state index contributed by atoms with van der Waals surface area (Å²) in [5, 5.41) is 0. The van der Waals surface area contributed by atoms with E-state index in [1.165, 1.54) is 6.07 Å². The zero-order chi connectivity index (χ0) is 14.2. The third-order valence-electron chi connectivity index (χ3n) is 2.92. The number of hydrogen-bond donors (Lipinski definition) is 0. The van der Waals surface area contributed by atoms with Crippen LogP contribution in [0.1, 0.15) is 31.3 Å². The molecule has 2 aromatic rings. The van der Waals surface area contributed by atoms with Crippen molar-refractivity contribution in [3.8, 4) is 0 Å². The Morgan fingerprint density at radius 2 is 2.00 bits per heavy atom. The van der Waals surface area contributed by atoms with Crippen LogP contribution >= 0.6 is 11.6 Å². The summed E-state index contributed by atoms with van der Waals surface area (Å²) in [6, 6.07) is 3.78. The summed E-state index contributed by atoms with van der Waals surface area (Å²) in [7, 11) is 0. The molecule has 0 saturated heterocycles. The molecule has 0 spiro atoms. The minimum absolute atomic E-state index is 0.125. The van der Waals surface area contributed by atoms with Crippen molar-refractivity contribution in [2.24, 2.45) is 0 Å². The van der Waals surface area contributed by atoms with Gasteiger partial charge in [-0.15, -0.1) is 11.6 Å². The van der Waals surface area contributed by atoms with Crippen molar-refractivity contribution in [3.05, 3.63) is 29.6 Å². The van der Waals surface area contributed by atoms with Gasteiger partial charge >= 0.3 is 6.18 Å². The Morgan fingerprint density at radius 3 is 2.53 bits per heavy atom. The Morgan fingerprint density at radius 1 is 1.32 bits per heavy atom. The van der Waals surface area contributed by atoms with Gasteiger partial charge in [0.2, 0.25) is 0 Å². The fraction of sp³-hybridized carbons (Fsp3) is 0.462. The number of hydrogen-bond acceptors (Lipinski definition) is 1. The maximum absolute atomic E-state index is 12.7. The predicted molar refractivity (Wildman–Crippen MR) is 69.5 cm³/mol. The smallest absolute Gasteiger partial charge is 0.325 e. The summed E-state index contributed by atoms with van der Waals surface area (Å²) in [4.78, 5) is 4.28. The molecule has 0 aliphatic heterocycles. The van der Waals surface area contributed by atoms with Gasteiger partial charge in [0.05, 0.1) is 16.6 Å². The molecule has 0 atom stereocenters. The lowest BCUT2D eigenvalue weighted by Crippen LogP contribution is -2.07.